The van der Waals surface area contributed by atoms with Crippen LogP contribution in [0, 0.1) is 0 Å². The Morgan fingerprint density at radius 2 is 1.63 bits per heavy atom. The molecule has 1 aliphatic rings. The minimum atomic E-state index is 0.731. The van der Waals surface area contributed by atoms with E-state index in [2.05, 4.69) is 50.1 Å². The molecule has 0 spiro atoms. The largest absolute Gasteiger partial charge is 0.497 e. The van der Waals surface area contributed by atoms with Crippen LogP contribution in [-0.2, 0) is 0 Å². The van der Waals surface area contributed by atoms with Crippen molar-refractivity contribution in [1.29, 1.82) is 0 Å². The number of piperazine rings is 1. The highest BCUT2D eigenvalue weighted by atomic mass is 16.5. The Bertz CT molecular complexity index is 1460. The Labute approximate surface area is 203 Å². The predicted octanol–water partition coefficient (Wildman–Crippen LogP) is 5.05. The molecular formula is C27H28N6O2. The van der Waals surface area contributed by atoms with Crippen LogP contribution in [0.2, 0.25) is 0 Å². The lowest BCUT2D eigenvalue weighted by atomic mass is 10.2. The van der Waals surface area contributed by atoms with E-state index in [1.807, 2.05) is 42.5 Å². The summed E-state index contributed by atoms with van der Waals surface area (Å²) in [5.74, 6) is 3.00. The summed E-state index contributed by atoms with van der Waals surface area (Å²) in [6.07, 6.45) is 0. The summed E-state index contributed by atoms with van der Waals surface area (Å²) in [5.41, 5.74) is 4.87. The van der Waals surface area contributed by atoms with Gasteiger partial charge in [-0.2, -0.15) is 5.10 Å². The summed E-state index contributed by atoms with van der Waals surface area (Å²) in [6, 6.07) is 19.9. The first-order valence-corrected chi connectivity index (χ1v) is 12.0. The third kappa shape index (κ3) is 4.17. The van der Waals surface area contributed by atoms with Gasteiger partial charge in [0, 0.05) is 37.3 Å². The minimum absolute atomic E-state index is 0.731. The van der Waals surface area contributed by atoms with Crippen LogP contribution in [0.4, 0.5) is 5.69 Å². The number of fused-ring (bicyclic) bond motifs is 2. The highest BCUT2D eigenvalue weighted by Crippen LogP contribution is 2.32. The fraction of sp³-hybridized carbons (Fsp3) is 0.259. The molecule has 0 radical (unpaired) electrons. The van der Waals surface area contributed by atoms with Gasteiger partial charge in [-0.05, 0) is 67.2 Å². The number of imidazole rings is 1. The molecule has 1 fully saturated rings. The number of aromatic amines is 2. The van der Waals surface area contributed by atoms with E-state index in [1.54, 1.807) is 7.11 Å². The molecule has 0 unspecified atom stereocenters. The number of benzene rings is 3. The maximum atomic E-state index is 6.07. The predicted molar refractivity (Wildman–Crippen MR) is 139 cm³/mol. The van der Waals surface area contributed by atoms with E-state index in [1.165, 1.54) is 5.69 Å². The van der Waals surface area contributed by atoms with Crippen LogP contribution in [0.5, 0.6) is 17.2 Å². The maximum absolute atomic E-state index is 6.07. The lowest BCUT2D eigenvalue weighted by Crippen LogP contribution is -2.46. The van der Waals surface area contributed by atoms with Gasteiger partial charge >= 0.3 is 0 Å². The standard InChI is InChI=1S/C27H28N6O2/c1-3-32-12-14-33(15-13-32)18-4-10-24-25(16-18)29-27(28-24)26-22-17-21(9-11-23(22)30-31-26)35-20-7-5-19(34-2)6-8-20/h4-11,16-17H,3,12-15H2,1-2H3,(H,28,29)(H,30,31). The first kappa shape index (κ1) is 21.5. The molecule has 1 aliphatic heterocycles. The Morgan fingerprint density at radius 3 is 2.40 bits per heavy atom. The van der Waals surface area contributed by atoms with Gasteiger partial charge in [-0.1, -0.05) is 6.92 Å². The number of aromatic nitrogens is 4. The van der Waals surface area contributed by atoms with Crippen LogP contribution < -0.4 is 14.4 Å². The number of ether oxygens (including phenoxy) is 2. The Morgan fingerprint density at radius 1 is 0.857 bits per heavy atom. The van der Waals surface area contributed by atoms with Crippen molar-refractivity contribution < 1.29 is 9.47 Å². The summed E-state index contributed by atoms with van der Waals surface area (Å²) < 4.78 is 11.3. The molecule has 5 aromatic rings. The van der Waals surface area contributed by atoms with Crippen molar-refractivity contribution in [3.05, 3.63) is 60.7 Å². The maximum Gasteiger partial charge on any atom is 0.159 e. The number of likely N-dealkylation sites (N-methyl/N-ethyl adjacent to an activating group) is 1. The van der Waals surface area contributed by atoms with Crippen molar-refractivity contribution in [3.63, 3.8) is 0 Å². The number of methoxy groups -OCH3 is 1. The first-order chi connectivity index (χ1) is 17.2. The number of nitrogens with zero attached hydrogens (tertiary/aromatic N) is 4. The van der Waals surface area contributed by atoms with Gasteiger partial charge < -0.3 is 24.3 Å². The van der Waals surface area contributed by atoms with Crippen molar-refractivity contribution in [2.75, 3.05) is 44.7 Å². The number of H-pyrrole nitrogens is 2. The van der Waals surface area contributed by atoms with E-state index < -0.39 is 0 Å². The normalized spacial score (nSPS) is 14.6. The average molecular weight is 469 g/mol. The van der Waals surface area contributed by atoms with Gasteiger partial charge in [-0.15, -0.1) is 0 Å². The molecule has 178 valence electrons. The van der Waals surface area contributed by atoms with Crippen molar-refractivity contribution in [3.8, 4) is 28.8 Å². The zero-order valence-electron chi connectivity index (χ0n) is 19.9. The van der Waals surface area contributed by atoms with Crippen LogP contribution in [0.25, 0.3) is 33.5 Å². The van der Waals surface area contributed by atoms with Crippen LogP contribution in [0.1, 0.15) is 6.92 Å². The van der Waals surface area contributed by atoms with Crippen molar-refractivity contribution in [1.82, 2.24) is 25.1 Å². The van der Waals surface area contributed by atoms with Crippen molar-refractivity contribution in [2.24, 2.45) is 0 Å². The van der Waals surface area contributed by atoms with Crippen LogP contribution >= 0.6 is 0 Å². The monoisotopic (exact) mass is 468 g/mol. The van der Waals surface area contributed by atoms with Gasteiger partial charge in [0.1, 0.15) is 22.9 Å². The second-order valence-electron chi connectivity index (χ2n) is 8.77. The molecule has 6 rings (SSSR count). The molecule has 3 heterocycles. The van der Waals surface area contributed by atoms with Gasteiger partial charge in [0.05, 0.1) is 23.7 Å². The summed E-state index contributed by atoms with van der Waals surface area (Å²) in [4.78, 5) is 13.2. The molecule has 0 amide bonds. The average Bonchev–Trinajstić information content (AvgIpc) is 3.52. The summed E-state index contributed by atoms with van der Waals surface area (Å²) >= 11 is 0. The quantitative estimate of drug-likeness (QED) is 0.363. The summed E-state index contributed by atoms with van der Waals surface area (Å²) in [6.45, 7) is 7.62. The Kier molecular flexibility index (Phi) is 5.50. The third-order valence-corrected chi connectivity index (χ3v) is 6.70. The van der Waals surface area contributed by atoms with E-state index in [9.17, 15) is 0 Å². The molecule has 2 N–H and O–H groups in total. The van der Waals surface area contributed by atoms with E-state index in [0.717, 1.165) is 83.4 Å². The molecule has 2 aromatic heterocycles. The number of rotatable bonds is 6. The van der Waals surface area contributed by atoms with Gasteiger partial charge in [-0.25, -0.2) is 4.98 Å². The minimum Gasteiger partial charge on any atom is -0.497 e. The molecular weight excluding hydrogens is 440 g/mol. The smallest absolute Gasteiger partial charge is 0.159 e. The second kappa shape index (κ2) is 8.96. The van der Waals surface area contributed by atoms with Crippen LogP contribution in [0.3, 0.4) is 0 Å². The first-order valence-electron chi connectivity index (χ1n) is 12.0. The van der Waals surface area contributed by atoms with E-state index in [0.29, 0.717) is 0 Å². The van der Waals surface area contributed by atoms with E-state index >= 15 is 0 Å². The molecule has 0 aliphatic carbocycles. The highest BCUT2D eigenvalue weighted by molar-refractivity contribution is 5.94. The molecule has 35 heavy (non-hydrogen) atoms. The molecule has 1 saturated heterocycles. The molecule has 0 atom stereocenters. The Hall–Kier alpha value is -4.04. The summed E-state index contributed by atoms with van der Waals surface area (Å²) in [5, 5.41) is 8.62. The van der Waals surface area contributed by atoms with E-state index in [4.69, 9.17) is 14.5 Å². The number of anilines is 1. The fourth-order valence-electron chi connectivity index (χ4n) is 4.65. The van der Waals surface area contributed by atoms with Crippen LogP contribution in [0.15, 0.2) is 60.7 Å². The van der Waals surface area contributed by atoms with Crippen molar-refractivity contribution in [2.45, 2.75) is 6.92 Å². The van der Waals surface area contributed by atoms with Gasteiger partial charge in [-0.3, -0.25) is 5.10 Å². The number of hydrogen-bond donors (Lipinski definition) is 2. The molecule has 0 bridgehead atoms. The van der Waals surface area contributed by atoms with Gasteiger partial charge in [0.2, 0.25) is 0 Å². The number of nitrogens with one attached hydrogen (secondary N) is 2. The zero-order valence-corrected chi connectivity index (χ0v) is 19.9. The van der Waals surface area contributed by atoms with Gasteiger partial charge in [0.15, 0.2) is 5.82 Å². The summed E-state index contributed by atoms with van der Waals surface area (Å²) in [7, 11) is 1.65. The van der Waals surface area contributed by atoms with Crippen molar-refractivity contribution >= 4 is 27.6 Å². The van der Waals surface area contributed by atoms with Crippen LogP contribution in [-0.4, -0.2) is 64.9 Å². The SMILES string of the molecule is CCN1CCN(c2ccc3nc(-c4n[nH]c5ccc(Oc6ccc(OC)cc6)cc45)[nH]c3c2)CC1. The topological polar surface area (TPSA) is 82.3 Å². The highest BCUT2D eigenvalue weighted by Gasteiger charge is 2.18. The molecule has 8 heteroatoms. The lowest BCUT2D eigenvalue weighted by molar-refractivity contribution is 0.271. The molecule has 0 saturated carbocycles. The molecule has 3 aromatic carbocycles. The number of hydrogen-bond acceptors (Lipinski definition) is 6. The second-order valence-corrected chi connectivity index (χ2v) is 8.77. The third-order valence-electron chi connectivity index (χ3n) is 6.70. The fourth-order valence-corrected chi connectivity index (χ4v) is 4.65. The van der Waals surface area contributed by atoms with E-state index in [-0.39, 0.29) is 0 Å². The lowest BCUT2D eigenvalue weighted by Gasteiger charge is -2.35. The Balaban J connectivity index is 1.28. The molecule has 8 nitrogen and oxygen atoms in total. The van der Waals surface area contributed by atoms with Gasteiger partial charge in [0.25, 0.3) is 0 Å². The zero-order chi connectivity index (χ0) is 23.8.